The fourth-order valence-corrected chi connectivity index (χ4v) is 9.71. The maximum Gasteiger partial charge on any atom is 0.407 e. The number of alkyl carbamates (subject to hydrolysis) is 1. The summed E-state index contributed by atoms with van der Waals surface area (Å²) in [6.45, 7) is 9.93. The molecule has 5 rings (SSSR count). The minimum absolute atomic E-state index is 0.131. The Morgan fingerprint density at radius 1 is 0.836 bits per heavy atom. The number of para-hydroxylation sites is 1. The lowest BCUT2D eigenvalue weighted by molar-refractivity contribution is -0.138. The van der Waals surface area contributed by atoms with Gasteiger partial charge in [0, 0.05) is 72.9 Å². The molecule has 2 aromatic rings. The molecule has 3 heterocycles. The Labute approximate surface area is 377 Å². The summed E-state index contributed by atoms with van der Waals surface area (Å²) >= 11 is 7.03. The highest BCUT2D eigenvalue weighted by Gasteiger charge is 2.35. The number of anilines is 2. The number of carbonyl (C=O) groups is 5. The smallest absolute Gasteiger partial charge is 0.407 e. The molecule has 3 fully saturated rings. The lowest BCUT2D eigenvalue weighted by Crippen LogP contribution is -2.59. The van der Waals surface area contributed by atoms with Gasteiger partial charge in [-0.2, -0.15) is 0 Å². The van der Waals surface area contributed by atoms with Gasteiger partial charge in [-0.15, -0.1) is 0 Å². The fourth-order valence-electron chi connectivity index (χ4n) is 8.43. The van der Waals surface area contributed by atoms with Crippen molar-refractivity contribution in [3.05, 3.63) is 57.0 Å². The van der Waals surface area contributed by atoms with Crippen LogP contribution in [0.2, 0.25) is 0 Å². The van der Waals surface area contributed by atoms with Gasteiger partial charge >= 0.3 is 18.2 Å². The van der Waals surface area contributed by atoms with Gasteiger partial charge in [0.25, 0.3) is 0 Å². The largest absolute Gasteiger partial charge is 0.444 e. The highest BCUT2D eigenvalue weighted by Crippen LogP contribution is 2.31. The fraction of sp³-hybridized carbons (Fsp3) is 0.614. The van der Waals surface area contributed by atoms with E-state index in [0.717, 1.165) is 37.2 Å². The molecule has 336 valence electrons. The van der Waals surface area contributed by atoms with Gasteiger partial charge in [0.2, 0.25) is 11.8 Å². The van der Waals surface area contributed by atoms with Gasteiger partial charge in [-0.25, -0.2) is 14.4 Å². The molecule has 61 heavy (non-hydrogen) atoms. The quantitative estimate of drug-likeness (QED) is 0.107. The van der Waals surface area contributed by atoms with E-state index in [2.05, 4.69) is 58.0 Å². The number of nitrogen functional groups attached to an aromatic ring is 1. The van der Waals surface area contributed by atoms with Gasteiger partial charge in [-0.1, -0.05) is 24.6 Å². The molecular weight excluding hydrogens is 910 g/mol. The van der Waals surface area contributed by atoms with Gasteiger partial charge in [0.1, 0.15) is 17.7 Å². The van der Waals surface area contributed by atoms with Crippen molar-refractivity contribution in [1.82, 2.24) is 36.0 Å². The molecule has 0 aromatic heterocycles. The summed E-state index contributed by atoms with van der Waals surface area (Å²) < 4.78 is 6.65. The van der Waals surface area contributed by atoms with E-state index in [1.54, 1.807) is 37.6 Å². The van der Waals surface area contributed by atoms with Crippen LogP contribution in [0.4, 0.5) is 25.8 Å². The van der Waals surface area contributed by atoms with Crippen molar-refractivity contribution in [3.63, 3.8) is 0 Å². The van der Waals surface area contributed by atoms with Crippen molar-refractivity contribution in [2.75, 3.05) is 63.5 Å². The number of benzene rings is 2. The minimum atomic E-state index is -1.03. The van der Waals surface area contributed by atoms with Gasteiger partial charge in [0.05, 0.1) is 5.69 Å². The van der Waals surface area contributed by atoms with Gasteiger partial charge in [0.15, 0.2) is 0 Å². The first-order valence-corrected chi connectivity index (χ1v) is 23.4. The number of nitrogens with one attached hydrogen (secondary N) is 4. The molecule has 0 aliphatic carbocycles. The molecule has 3 aliphatic heterocycles. The molecule has 2 aromatic carbocycles. The summed E-state index contributed by atoms with van der Waals surface area (Å²) in [5.74, 6) is -0.620. The van der Waals surface area contributed by atoms with Crippen LogP contribution in [0.1, 0.15) is 90.5 Å². The molecule has 0 bridgehead atoms. The highest BCUT2D eigenvalue weighted by atomic mass is 79.9. The first kappa shape index (κ1) is 48.0. The van der Waals surface area contributed by atoms with Crippen LogP contribution in [0.15, 0.2) is 51.4 Å². The molecule has 0 unspecified atom stereocenters. The van der Waals surface area contributed by atoms with Crippen molar-refractivity contribution in [1.29, 1.82) is 0 Å². The van der Waals surface area contributed by atoms with Crippen LogP contribution in [0.5, 0.6) is 0 Å². The van der Waals surface area contributed by atoms with E-state index in [0.29, 0.717) is 85.5 Å². The lowest BCUT2D eigenvalue weighted by Gasteiger charge is -2.41. The van der Waals surface area contributed by atoms with Gasteiger partial charge in [-0.3, -0.25) is 14.5 Å². The number of halogens is 2. The number of carbonyl (C=O) groups excluding carboxylic acids is 5. The topological polar surface area (TPSA) is 182 Å². The summed E-state index contributed by atoms with van der Waals surface area (Å²) in [5.41, 5.74) is 7.60. The van der Waals surface area contributed by atoms with E-state index in [-0.39, 0.29) is 24.4 Å². The van der Waals surface area contributed by atoms with Crippen LogP contribution in [0.25, 0.3) is 0 Å². The average Bonchev–Trinajstić information content (AvgIpc) is 3.24. The number of amides is 7. The number of hydrogen-bond donors (Lipinski definition) is 5. The number of likely N-dealkylation sites (tertiary alicyclic amines) is 3. The second-order valence-corrected chi connectivity index (χ2v) is 19.0. The summed E-state index contributed by atoms with van der Waals surface area (Å²) in [6.07, 6.45) is 7.63. The summed E-state index contributed by atoms with van der Waals surface area (Å²) in [6, 6.07) is 10.9. The van der Waals surface area contributed by atoms with Crippen LogP contribution in [-0.2, 0) is 20.7 Å². The highest BCUT2D eigenvalue weighted by molar-refractivity contribution is 9.11. The first-order chi connectivity index (χ1) is 29.1. The third kappa shape index (κ3) is 14.2. The number of ether oxygens (including phenoxy) is 1. The zero-order valence-electron chi connectivity index (χ0n) is 36.2. The standard InChI is InChI=1S/C44H65Br2N9O6/c1-44(2,3)61-43(60)49-20-10-9-15-36(40(57)53-23-16-31(17-24-53)52-21-11-6-12-22-52)50-39(56)37(29-30-27-34(45)38(47)35(46)28-30)51-42(59)54-25-18-33(19-26-54)55(41(58)48-4)32-13-7-5-8-14-32/h5,7-8,13-14,27-28,31,33,36-37H,6,9-12,15-26,29,47H2,1-4H3,(H,48,58)(H,49,60)(H,50,56)(H,51,59)/t36-,37-/m0/s1. The Hall–Kier alpha value is -4.09. The van der Waals surface area contributed by atoms with Crippen LogP contribution in [0, 0.1) is 0 Å². The van der Waals surface area contributed by atoms with Crippen molar-refractivity contribution in [3.8, 4) is 0 Å². The maximum atomic E-state index is 14.5. The van der Waals surface area contributed by atoms with Crippen molar-refractivity contribution in [2.45, 2.75) is 121 Å². The average molecular weight is 976 g/mol. The summed E-state index contributed by atoms with van der Waals surface area (Å²) in [5, 5.41) is 11.6. The molecule has 0 saturated carbocycles. The monoisotopic (exact) mass is 973 g/mol. The van der Waals surface area contributed by atoms with Crippen molar-refractivity contribution < 1.29 is 28.7 Å². The molecule has 3 saturated heterocycles. The van der Waals surface area contributed by atoms with E-state index in [9.17, 15) is 24.0 Å². The molecule has 0 spiro atoms. The van der Waals surface area contributed by atoms with Crippen LogP contribution in [-0.4, -0.2) is 127 Å². The Kier molecular flexibility index (Phi) is 18.0. The predicted octanol–water partition coefficient (Wildman–Crippen LogP) is 6.38. The number of hydrogen-bond acceptors (Lipinski definition) is 8. The lowest BCUT2D eigenvalue weighted by atomic mass is 9.98. The number of nitrogens with two attached hydrogens (primary N) is 1. The van der Waals surface area contributed by atoms with Gasteiger partial charge in [-0.05, 0) is 153 Å². The predicted molar refractivity (Wildman–Crippen MR) is 245 cm³/mol. The summed E-state index contributed by atoms with van der Waals surface area (Å²) in [4.78, 5) is 75.9. The SMILES string of the molecule is CNC(=O)N(c1ccccc1)C1CCN(C(=O)N[C@@H](Cc2cc(Br)c(N)c(Br)c2)C(=O)N[C@@H](CCCCNC(=O)OC(C)(C)C)C(=O)N2CCC(N3CCCCC3)CC2)CC1. The minimum Gasteiger partial charge on any atom is -0.444 e. The van der Waals surface area contributed by atoms with E-state index in [1.807, 2.05) is 47.4 Å². The van der Waals surface area contributed by atoms with Crippen LogP contribution < -0.4 is 31.9 Å². The zero-order chi connectivity index (χ0) is 44.1. The second kappa shape index (κ2) is 22.8. The third-order valence-electron chi connectivity index (χ3n) is 11.7. The molecule has 6 N–H and O–H groups in total. The Morgan fingerprint density at radius 2 is 1.46 bits per heavy atom. The van der Waals surface area contributed by atoms with E-state index < -0.39 is 35.7 Å². The normalized spacial score (nSPS) is 17.8. The Morgan fingerprint density at radius 3 is 2.07 bits per heavy atom. The van der Waals surface area contributed by atoms with Crippen LogP contribution >= 0.6 is 31.9 Å². The van der Waals surface area contributed by atoms with Crippen LogP contribution in [0.3, 0.4) is 0 Å². The van der Waals surface area contributed by atoms with E-state index in [1.165, 1.54) is 19.3 Å². The van der Waals surface area contributed by atoms with E-state index in [4.69, 9.17) is 10.5 Å². The third-order valence-corrected chi connectivity index (χ3v) is 13.0. The number of unbranched alkanes of at least 4 members (excludes halogenated alkanes) is 1. The molecule has 17 heteroatoms. The number of nitrogens with zero attached hydrogens (tertiary/aromatic N) is 4. The molecule has 0 radical (unpaired) electrons. The molecule has 3 aliphatic rings. The van der Waals surface area contributed by atoms with Crippen molar-refractivity contribution in [2.24, 2.45) is 0 Å². The van der Waals surface area contributed by atoms with Gasteiger partial charge < -0.3 is 46.4 Å². The molecular formula is C44H65Br2N9O6. The maximum absolute atomic E-state index is 14.5. The van der Waals surface area contributed by atoms with Crippen molar-refractivity contribution >= 4 is 73.2 Å². The number of urea groups is 2. The summed E-state index contributed by atoms with van der Waals surface area (Å²) in [7, 11) is 1.60. The molecule has 15 nitrogen and oxygen atoms in total. The molecule has 7 amide bonds. The molecule has 2 atom stereocenters. The Bertz CT molecular complexity index is 1770. The second-order valence-electron chi connectivity index (χ2n) is 17.3. The Balaban J connectivity index is 1.29. The first-order valence-electron chi connectivity index (χ1n) is 21.8. The number of rotatable bonds is 14. The zero-order valence-corrected chi connectivity index (χ0v) is 39.3. The van der Waals surface area contributed by atoms with E-state index >= 15 is 0 Å². The number of piperidine rings is 3.